The topological polar surface area (TPSA) is 63.7 Å². The summed E-state index contributed by atoms with van der Waals surface area (Å²) in [6.45, 7) is 9.46. The summed E-state index contributed by atoms with van der Waals surface area (Å²) in [5.74, 6) is -1.05. The van der Waals surface area contributed by atoms with Crippen molar-refractivity contribution < 1.29 is 19.1 Å². The highest BCUT2D eigenvalue weighted by Gasteiger charge is 2.36. The molecule has 0 spiro atoms. The van der Waals surface area contributed by atoms with Crippen molar-refractivity contribution >= 4 is 35.0 Å². The predicted molar refractivity (Wildman–Crippen MR) is 99.0 cm³/mol. The summed E-state index contributed by atoms with van der Waals surface area (Å²) >= 11 is 0.838. The van der Waals surface area contributed by atoms with Crippen molar-refractivity contribution in [3.8, 4) is 0 Å². The van der Waals surface area contributed by atoms with Crippen molar-refractivity contribution in [3.63, 3.8) is 0 Å². The number of nitrogens with zero attached hydrogens (tertiary/aromatic N) is 1. The molecule has 1 saturated heterocycles. The van der Waals surface area contributed by atoms with E-state index < -0.39 is 17.1 Å². The molecule has 0 aliphatic carbocycles. The highest BCUT2D eigenvalue weighted by atomic mass is 32.2. The maximum absolute atomic E-state index is 12.4. The average molecular weight is 361 g/mol. The van der Waals surface area contributed by atoms with E-state index >= 15 is 0 Å². The molecule has 1 aliphatic rings. The molecular weight excluding hydrogens is 338 g/mol. The van der Waals surface area contributed by atoms with E-state index in [2.05, 4.69) is 20.8 Å². The second-order valence-electron chi connectivity index (χ2n) is 7.18. The van der Waals surface area contributed by atoms with Crippen molar-refractivity contribution in [2.75, 3.05) is 6.54 Å². The Morgan fingerprint density at radius 1 is 1.20 bits per heavy atom. The van der Waals surface area contributed by atoms with Gasteiger partial charge in [0.05, 0.1) is 11.0 Å². The Balaban J connectivity index is 2.13. The molecule has 1 aromatic rings. The maximum Gasteiger partial charge on any atom is 0.326 e. The largest absolute Gasteiger partial charge is 0.462 e. The zero-order valence-electron chi connectivity index (χ0n) is 15.2. The quantitative estimate of drug-likeness (QED) is 0.600. The molecule has 0 saturated carbocycles. The molecule has 134 valence electrons. The first kappa shape index (κ1) is 19.2. The SMILES string of the molecule is CC(C)OC(=O)CN1C(=O)SC(=Cc2ccc(C(C)(C)C)cc2)C1=O. The van der Waals surface area contributed by atoms with Crippen LogP contribution >= 0.6 is 11.8 Å². The van der Waals surface area contributed by atoms with Crippen LogP contribution < -0.4 is 0 Å². The number of thioether (sulfide) groups is 1. The third-order valence-electron chi connectivity index (χ3n) is 3.60. The van der Waals surface area contributed by atoms with Crippen molar-refractivity contribution in [2.24, 2.45) is 0 Å². The second-order valence-corrected chi connectivity index (χ2v) is 8.17. The molecular formula is C19H23NO4S. The number of rotatable bonds is 4. The molecule has 0 atom stereocenters. The fraction of sp³-hybridized carbons (Fsp3) is 0.421. The molecule has 1 aliphatic heterocycles. The fourth-order valence-electron chi connectivity index (χ4n) is 2.30. The maximum atomic E-state index is 12.4. The second kappa shape index (κ2) is 7.44. The van der Waals surface area contributed by atoms with Gasteiger partial charge in [-0.2, -0.15) is 0 Å². The fourth-order valence-corrected chi connectivity index (χ4v) is 3.13. The van der Waals surface area contributed by atoms with Crippen LogP contribution in [0.25, 0.3) is 6.08 Å². The van der Waals surface area contributed by atoms with E-state index in [0.717, 1.165) is 22.2 Å². The number of hydrogen-bond donors (Lipinski definition) is 0. The van der Waals surface area contributed by atoms with E-state index in [0.29, 0.717) is 4.91 Å². The van der Waals surface area contributed by atoms with Gasteiger partial charge in [-0.05, 0) is 48.2 Å². The van der Waals surface area contributed by atoms with Gasteiger partial charge in [-0.3, -0.25) is 19.3 Å². The van der Waals surface area contributed by atoms with Crippen LogP contribution in [0.15, 0.2) is 29.2 Å². The van der Waals surface area contributed by atoms with Crippen LogP contribution in [0.2, 0.25) is 0 Å². The van der Waals surface area contributed by atoms with Gasteiger partial charge in [-0.15, -0.1) is 0 Å². The van der Waals surface area contributed by atoms with Crippen LogP contribution in [0.3, 0.4) is 0 Å². The van der Waals surface area contributed by atoms with Crippen LogP contribution in [0.1, 0.15) is 45.7 Å². The minimum absolute atomic E-state index is 0.0488. The zero-order valence-corrected chi connectivity index (χ0v) is 16.0. The Morgan fingerprint density at radius 2 is 1.80 bits per heavy atom. The predicted octanol–water partition coefficient (Wildman–Crippen LogP) is 3.97. The van der Waals surface area contributed by atoms with Crippen LogP contribution in [0.5, 0.6) is 0 Å². The Hall–Kier alpha value is -2.08. The molecule has 0 bridgehead atoms. The van der Waals surface area contributed by atoms with E-state index in [1.165, 1.54) is 5.56 Å². The summed E-state index contributed by atoms with van der Waals surface area (Å²) in [4.78, 5) is 37.3. The molecule has 25 heavy (non-hydrogen) atoms. The third kappa shape index (κ3) is 4.95. The molecule has 2 amide bonds. The van der Waals surface area contributed by atoms with Crippen molar-refractivity contribution in [1.82, 2.24) is 4.90 Å². The number of ether oxygens (including phenoxy) is 1. The van der Waals surface area contributed by atoms with E-state index in [4.69, 9.17) is 4.74 Å². The van der Waals surface area contributed by atoms with E-state index in [9.17, 15) is 14.4 Å². The van der Waals surface area contributed by atoms with Gasteiger partial charge in [0, 0.05) is 0 Å². The number of carbonyl (C=O) groups excluding carboxylic acids is 3. The van der Waals surface area contributed by atoms with Gasteiger partial charge in [0.1, 0.15) is 6.54 Å². The first-order valence-corrected chi connectivity index (χ1v) is 8.95. The van der Waals surface area contributed by atoms with Crippen molar-refractivity contribution in [3.05, 3.63) is 40.3 Å². The van der Waals surface area contributed by atoms with Gasteiger partial charge in [-0.1, -0.05) is 45.0 Å². The standard InChI is InChI=1S/C19H23NO4S/c1-12(2)24-16(21)11-20-17(22)15(25-18(20)23)10-13-6-8-14(9-7-13)19(3,4)5/h6-10,12H,11H2,1-5H3. The minimum Gasteiger partial charge on any atom is -0.462 e. The Morgan fingerprint density at radius 3 is 2.32 bits per heavy atom. The van der Waals surface area contributed by atoms with Crippen LogP contribution in [0.4, 0.5) is 4.79 Å². The molecule has 6 heteroatoms. The van der Waals surface area contributed by atoms with E-state index in [1.54, 1.807) is 19.9 Å². The van der Waals surface area contributed by atoms with Crippen LogP contribution in [0, 0.1) is 0 Å². The Kier molecular flexibility index (Phi) is 5.72. The third-order valence-corrected chi connectivity index (χ3v) is 4.51. The van der Waals surface area contributed by atoms with Crippen molar-refractivity contribution in [1.29, 1.82) is 0 Å². The van der Waals surface area contributed by atoms with Gasteiger partial charge in [0.15, 0.2) is 0 Å². The average Bonchev–Trinajstić information content (AvgIpc) is 2.74. The highest BCUT2D eigenvalue weighted by Crippen LogP contribution is 2.32. The molecule has 1 heterocycles. The molecule has 0 N–H and O–H groups in total. The Bertz CT molecular complexity index is 714. The van der Waals surface area contributed by atoms with Gasteiger partial charge >= 0.3 is 5.97 Å². The van der Waals surface area contributed by atoms with Gasteiger partial charge in [0.25, 0.3) is 11.1 Å². The number of amides is 2. The van der Waals surface area contributed by atoms with Crippen molar-refractivity contribution in [2.45, 2.75) is 46.1 Å². The molecule has 0 unspecified atom stereocenters. The minimum atomic E-state index is -0.590. The van der Waals surface area contributed by atoms with Crippen LogP contribution in [-0.4, -0.2) is 34.7 Å². The smallest absolute Gasteiger partial charge is 0.326 e. The first-order chi connectivity index (χ1) is 11.6. The number of esters is 1. The van der Waals surface area contributed by atoms with Crippen LogP contribution in [-0.2, 0) is 19.7 Å². The lowest BCUT2D eigenvalue weighted by atomic mass is 9.87. The highest BCUT2D eigenvalue weighted by molar-refractivity contribution is 8.18. The Labute approximate surface area is 152 Å². The number of carbonyl (C=O) groups is 3. The normalized spacial score (nSPS) is 16.9. The summed E-state index contributed by atoms with van der Waals surface area (Å²) in [5, 5.41) is -0.455. The zero-order chi connectivity index (χ0) is 18.8. The number of benzene rings is 1. The lowest BCUT2D eigenvalue weighted by molar-refractivity contribution is -0.149. The summed E-state index contributed by atoms with van der Waals surface area (Å²) < 4.78 is 4.99. The molecule has 1 fully saturated rings. The summed E-state index contributed by atoms with van der Waals surface area (Å²) in [6.07, 6.45) is 1.38. The molecule has 1 aromatic carbocycles. The summed E-state index contributed by atoms with van der Waals surface area (Å²) in [7, 11) is 0. The van der Waals surface area contributed by atoms with Gasteiger partial charge in [-0.25, -0.2) is 0 Å². The molecule has 0 aromatic heterocycles. The van der Waals surface area contributed by atoms with Gasteiger partial charge < -0.3 is 4.74 Å². The summed E-state index contributed by atoms with van der Waals surface area (Å²) in [6, 6.07) is 7.86. The van der Waals surface area contributed by atoms with Gasteiger partial charge in [0.2, 0.25) is 0 Å². The lowest BCUT2D eigenvalue weighted by Crippen LogP contribution is -2.35. The number of hydrogen-bond acceptors (Lipinski definition) is 5. The first-order valence-electron chi connectivity index (χ1n) is 8.13. The summed E-state index contributed by atoms with van der Waals surface area (Å²) in [5.41, 5.74) is 2.07. The molecule has 0 radical (unpaired) electrons. The number of imide groups is 1. The lowest BCUT2D eigenvalue weighted by Gasteiger charge is -2.18. The monoisotopic (exact) mass is 361 g/mol. The molecule has 5 nitrogen and oxygen atoms in total. The van der Waals surface area contributed by atoms with E-state index in [-0.39, 0.29) is 18.1 Å². The molecule has 2 rings (SSSR count). The van der Waals surface area contributed by atoms with E-state index in [1.807, 2.05) is 24.3 Å².